The molecule has 0 radical (unpaired) electrons. The van der Waals surface area contributed by atoms with Gasteiger partial charge in [-0.25, -0.2) is 9.78 Å². The van der Waals surface area contributed by atoms with Gasteiger partial charge in [0.2, 0.25) is 0 Å². The molecule has 2 aromatic rings. The van der Waals surface area contributed by atoms with Gasteiger partial charge in [0.25, 0.3) is 0 Å². The van der Waals surface area contributed by atoms with E-state index in [2.05, 4.69) is 26.2 Å². The number of anilines is 2. The quantitative estimate of drug-likeness (QED) is 0.856. The zero-order chi connectivity index (χ0) is 15.6. The molecular formula is C13H8BrF3N2O2. The van der Waals surface area contributed by atoms with E-state index in [4.69, 9.17) is 5.11 Å². The van der Waals surface area contributed by atoms with Gasteiger partial charge in [0, 0.05) is 10.2 Å². The van der Waals surface area contributed by atoms with Crippen LogP contribution >= 0.6 is 15.9 Å². The summed E-state index contributed by atoms with van der Waals surface area (Å²) in [5.41, 5.74) is -0.346. The Kier molecular flexibility index (Phi) is 4.17. The van der Waals surface area contributed by atoms with Gasteiger partial charge in [-0.2, -0.15) is 13.2 Å². The summed E-state index contributed by atoms with van der Waals surface area (Å²) in [6.07, 6.45) is -3.24. The Morgan fingerprint density at radius 2 is 1.86 bits per heavy atom. The Hall–Kier alpha value is -2.09. The van der Waals surface area contributed by atoms with E-state index in [1.54, 1.807) is 0 Å². The minimum absolute atomic E-state index is 0.0556. The van der Waals surface area contributed by atoms with Crippen LogP contribution in [0.25, 0.3) is 0 Å². The number of nitrogens with one attached hydrogen (secondary N) is 1. The minimum atomic E-state index is -4.47. The van der Waals surface area contributed by atoms with Crippen LogP contribution in [-0.4, -0.2) is 16.1 Å². The molecule has 1 aromatic carbocycles. The topological polar surface area (TPSA) is 62.2 Å². The van der Waals surface area contributed by atoms with E-state index < -0.39 is 17.7 Å². The Balaban J connectivity index is 2.26. The lowest BCUT2D eigenvalue weighted by Crippen LogP contribution is -2.07. The number of hydrogen-bond donors (Lipinski definition) is 2. The van der Waals surface area contributed by atoms with Crippen molar-refractivity contribution in [2.75, 3.05) is 5.32 Å². The molecule has 0 spiro atoms. The number of benzene rings is 1. The molecule has 0 aliphatic heterocycles. The first kappa shape index (κ1) is 15.3. The number of carbonyl (C=O) groups is 1. The fourth-order valence-corrected chi connectivity index (χ4v) is 2.05. The van der Waals surface area contributed by atoms with Gasteiger partial charge >= 0.3 is 12.1 Å². The predicted octanol–water partition coefficient (Wildman–Crippen LogP) is 4.30. The molecular weight excluding hydrogens is 353 g/mol. The number of hydrogen-bond acceptors (Lipinski definition) is 3. The third kappa shape index (κ3) is 3.72. The third-order valence-corrected chi connectivity index (χ3v) is 3.23. The smallest absolute Gasteiger partial charge is 0.417 e. The second-order valence-corrected chi connectivity index (χ2v) is 4.91. The average molecular weight is 361 g/mol. The highest BCUT2D eigenvalue weighted by molar-refractivity contribution is 9.10. The van der Waals surface area contributed by atoms with Crippen LogP contribution < -0.4 is 5.32 Å². The van der Waals surface area contributed by atoms with Crippen molar-refractivity contribution in [1.29, 1.82) is 0 Å². The number of nitrogens with zero attached hydrogens (tertiary/aromatic N) is 1. The Morgan fingerprint density at radius 3 is 2.38 bits per heavy atom. The maximum Gasteiger partial charge on any atom is 0.417 e. The first-order valence-corrected chi connectivity index (χ1v) is 6.40. The fourth-order valence-electron chi connectivity index (χ4n) is 1.58. The molecule has 0 saturated carbocycles. The number of pyridine rings is 1. The lowest BCUT2D eigenvalue weighted by molar-refractivity contribution is -0.138. The van der Waals surface area contributed by atoms with Crippen molar-refractivity contribution in [3.8, 4) is 0 Å². The van der Waals surface area contributed by atoms with Crippen molar-refractivity contribution in [3.05, 3.63) is 52.3 Å². The monoisotopic (exact) mass is 360 g/mol. The van der Waals surface area contributed by atoms with Crippen molar-refractivity contribution in [1.82, 2.24) is 4.98 Å². The number of carboxylic acids is 1. The molecule has 0 unspecified atom stereocenters. The van der Waals surface area contributed by atoms with Crippen molar-refractivity contribution in [2.45, 2.75) is 6.18 Å². The predicted molar refractivity (Wildman–Crippen MR) is 73.6 cm³/mol. The van der Waals surface area contributed by atoms with Crippen LogP contribution in [0, 0.1) is 0 Å². The minimum Gasteiger partial charge on any atom is -0.477 e. The maximum atomic E-state index is 12.8. The summed E-state index contributed by atoms with van der Waals surface area (Å²) in [7, 11) is 0. The first-order valence-electron chi connectivity index (χ1n) is 5.60. The van der Waals surface area contributed by atoms with Gasteiger partial charge in [-0.05, 0) is 30.3 Å². The van der Waals surface area contributed by atoms with Crippen LogP contribution in [0.15, 0.2) is 41.0 Å². The summed E-state index contributed by atoms with van der Waals surface area (Å²) in [4.78, 5) is 14.3. The highest BCUT2D eigenvalue weighted by atomic mass is 79.9. The summed E-state index contributed by atoms with van der Waals surface area (Å²) in [5.74, 6) is -1.18. The van der Waals surface area contributed by atoms with Crippen molar-refractivity contribution < 1.29 is 23.1 Å². The van der Waals surface area contributed by atoms with E-state index in [1.165, 1.54) is 30.5 Å². The van der Waals surface area contributed by atoms with Crippen molar-refractivity contribution in [2.24, 2.45) is 0 Å². The molecule has 0 amide bonds. The molecule has 0 atom stereocenters. The average Bonchev–Trinajstić information content (AvgIpc) is 2.40. The van der Waals surface area contributed by atoms with Gasteiger partial charge in [-0.15, -0.1) is 0 Å². The molecule has 1 aromatic heterocycles. The molecule has 0 bridgehead atoms. The van der Waals surface area contributed by atoms with Crippen LogP contribution in [-0.2, 0) is 6.18 Å². The molecule has 2 N–H and O–H groups in total. The molecule has 2 rings (SSSR count). The third-order valence-electron chi connectivity index (χ3n) is 2.54. The molecule has 0 fully saturated rings. The van der Waals surface area contributed by atoms with Gasteiger partial charge in [-0.3, -0.25) is 0 Å². The number of aromatic carboxylic acids is 1. The van der Waals surface area contributed by atoms with Gasteiger partial charge in [-0.1, -0.05) is 15.9 Å². The van der Waals surface area contributed by atoms with Crippen LogP contribution in [0.1, 0.15) is 16.1 Å². The van der Waals surface area contributed by atoms with E-state index in [1.807, 2.05) is 0 Å². The van der Waals surface area contributed by atoms with E-state index >= 15 is 0 Å². The number of carboxylic acid groups (broad SMARTS) is 1. The summed E-state index contributed by atoms with van der Waals surface area (Å²) in [6.45, 7) is 0. The van der Waals surface area contributed by atoms with Crippen molar-refractivity contribution in [3.63, 3.8) is 0 Å². The summed E-state index contributed by atoms with van der Waals surface area (Å²) in [5, 5.41) is 11.4. The largest absolute Gasteiger partial charge is 0.477 e. The highest BCUT2D eigenvalue weighted by Gasteiger charge is 2.33. The lowest BCUT2D eigenvalue weighted by Gasteiger charge is -2.12. The van der Waals surface area contributed by atoms with E-state index in [9.17, 15) is 18.0 Å². The molecule has 21 heavy (non-hydrogen) atoms. The van der Waals surface area contributed by atoms with E-state index in [0.29, 0.717) is 5.69 Å². The molecule has 0 aliphatic rings. The van der Waals surface area contributed by atoms with Crippen LogP contribution in [0.5, 0.6) is 0 Å². The zero-order valence-electron chi connectivity index (χ0n) is 10.3. The standard InChI is InChI=1S/C13H8BrF3N2O2/c14-10-3-1-7(5-9(10)13(15,16)17)19-8-2-4-11(12(20)21)18-6-8/h1-6,19H,(H,20,21). The maximum absolute atomic E-state index is 12.8. The Bertz CT molecular complexity index is 672. The fraction of sp³-hybridized carbons (Fsp3) is 0.0769. The molecule has 8 heteroatoms. The Labute approximate surface area is 125 Å². The SMILES string of the molecule is O=C(O)c1ccc(Nc2ccc(Br)c(C(F)(F)F)c2)cn1. The van der Waals surface area contributed by atoms with Gasteiger partial charge in [0.15, 0.2) is 0 Å². The molecule has 0 saturated heterocycles. The van der Waals surface area contributed by atoms with Crippen LogP contribution in [0.4, 0.5) is 24.5 Å². The summed E-state index contributed by atoms with van der Waals surface area (Å²) in [6, 6.07) is 6.38. The molecule has 110 valence electrons. The summed E-state index contributed by atoms with van der Waals surface area (Å²) >= 11 is 2.85. The first-order chi connectivity index (χ1) is 9.77. The van der Waals surface area contributed by atoms with Crippen LogP contribution in [0.2, 0.25) is 0 Å². The Morgan fingerprint density at radius 1 is 1.19 bits per heavy atom. The van der Waals surface area contributed by atoms with Crippen LogP contribution in [0.3, 0.4) is 0 Å². The second kappa shape index (κ2) is 5.72. The number of rotatable bonds is 3. The van der Waals surface area contributed by atoms with E-state index in [0.717, 1.165) is 6.07 Å². The molecule has 0 aliphatic carbocycles. The van der Waals surface area contributed by atoms with Gasteiger partial charge < -0.3 is 10.4 Å². The zero-order valence-corrected chi connectivity index (χ0v) is 11.9. The van der Waals surface area contributed by atoms with Crippen molar-refractivity contribution >= 4 is 33.3 Å². The lowest BCUT2D eigenvalue weighted by atomic mass is 10.2. The molecule has 1 heterocycles. The normalized spacial score (nSPS) is 11.2. The van der Waals surface area contributed by atoms with Gasteiger partial charge in [0.1, 0.15) is 5.69 Å². The molecule has 4 nitrogen and oxygen atoms in total. The number of aromatic nitrogens is 1. The number of halogens is 4. The second-order valence-electron chi connectivity index (χ2n) is 4.05. The van der Waals surface area contributed by atoms with Gasteiger partial charge in [0.05, 0.1) is 17.4 Å². The summed E-state index contributed by atoms with van der Waals surface area (Å²) < 4.78 is 38.3. The number of alkyl halides is 3. The highest BCUT2D eigenvalue weighted by Crippen LogP contribution is 2.36. The van der Waals surface area contributed by atoms with E-state index in [-0.39, 0.29) is 15.9 Å².